The Morgan fingerprint density at radius 2 is 2.10 bits per heavy atom. The molecule has 2 fully saturated rings. The quantitative estimate of drug-likeness (QED) is 0.463. The smallest absolute Gasteiger partial charge is 0.256 e. The number of hydrogen-bond donors (Lipinski definition) is 4. The SMILES string of the molecule is Cc1ccc(Nc2c[n+](O)ccc2C(=O)N2CC(O)(C3CCCCN3)C2)c(F)c1. The van der Waals surface area contributed by atoms with Gasteiger partial charge in [-0.3, -0.25) is 10.0 Å². The maximum Gasteiger partial charge on any atom is 0.256 e. The van der Waals surface area contributed by atoms with E-state index in [0.29, 0.717) is 5.56 Å². The first kappa shape index (κ1) is 19.6. The number of anilines is 2. The van der Waals surface area contributed by atoms with Gasteiger partial charge in [0.1, 0.15) is 17.1 Å². The predicted octanol–water partition coefficient (Wildman–Crippen LogP) is 1.73. The average molecular weight is 401 g/mol. The Balaban J connectivity index is 1.52. The maximum atomic E-state index is 14.2. The average Bonchev–Trinajstić information content (AvgIpc) is 2.68. The fourth-order valence-electron chi connectivity index (χ4n) is 4.10. The molecule has 8 heteroatoms. The number of aliphatic hydroxyl groups is 1. The third-order valence-electron chi connectivity index (χ3n) is 5.75. The van der Waals surface area contributed by atoms with Gasteiger partial charge in [-0.1, -0.05) is 12.5 Å². The molecule has 0 bridgehead atoms. The number of β-amino-alcohol motifs (C(OH)–C–C–N with tert-alkyl or cyclic N) is 1. The van der Waals surface area contributed by atoms with Gasteiger partial charge in [0.2, 0.25) is 12.4 Å². The van der Waals surface area contributed by atoms with E-state index in [1.807, 2.05) is 0 Å². The minimum absolute atomic E-state index is 0.00470. The van der Waals surface area contributed by atoms with E-state index in [2.05, 4.69) is 10.6 Å². The zero-order valence-electron chi connectivity index (χ0n) is 16.4. The molecule has 1 amide bonds. The summed E-state index contributed by atoms with van der Waals surface area (Å²) in [6, 6.07) is 6.22. The molecule has 29 heavy (non-hydrogen) atoms. The zero-order chi connectivity index (χ0) is 20.6. The van der Waals surface area contributed by atoms with Crippen molar-refractivity contribution >= 4 is 17.3 Å². The predicted molar refractivity (Wildman–Crippen MR) is 105 cm³/mol. The van der Waals surface area contributed by atoms with E-state index >= 15 is 0 Å². The molecule has 0 spiro atoms. The fraction of sp³-hybridized carbons (Fsp3) is 0.429. The summed E-state index contributed by atoms with van der Waals surface area (Å²) in [6.45, 7) is 3.16. The lowest BCUT2D eigenvalue weighted by Crippen LogP contribution is -2.72. The first-order valence-electron chi connectivity index (χ1n) is 9.88. The van der Waals surface area contributed by atoms with Crippen molar-refractivity contribution in [1.82, 2.24) is 10.2 Å². The highest BCUT2D eigenvalue weighted by molar-refractivity contribution is 6.00. The highest BCUT2D eigenvalue weighted by Crippen LogP contribution is 2.32. The Hall–Kier alpha value is -2.71. The molecular weight excluding hydrogens is 375 g/mol. The second-order valence-electron chi connectivity index (χ2n) is 8.03. The molecule has 0 radical (unpaired) electrons. The van der Waals surface area contributed by atoms with Crippen molar-refractivity contribution in [2.75, 3.05) is 25.0 Å². The van der Waals surface area contributed by atoms with E-state index in [0.717, 1.165) is 36.1 Å². The van der Waals surface area contributed by atoms with Crippen molar-refractivity contribution in [1.29, 1.82) is 0 Å². The topological polar surface area (TPSA) is 88.7 Å². The van der Waals surface area contributed by atoms with Crippen LogP contribution in [0.15, 0.2) is 36.7 Å². The van der Waals surface area contributed by atoms with E-state index in [9.17, 15) is 19.5 Å². The largest absolute Gasteiger partial charge is 0.385 e. The van der Waals surface area contributed by atoms with Gasteiger partial charge >= 0.3 is 0 Å². The molecule has 1 aromatic heterocycles. The van der Waals surface area contributed by atoms with Gasteiger partial charge in [0.25, 0.3) is 5.91 Å². The summed E-state index contributed by atoms with van der Waals surface area (Å²) in [4.78, 5) is 14.6. The Bertz CT molecular complexity index is 924. The number of aryl methyl sites for hydroxylation is 1. The number of likely N-dealkylation sites (tertiary alicyclic amines) is 1. The van der Waals surface area contributed by atoms with Gasteiger partial charge < -0.3 is 20.6 Å². The van der Waals surface area contributed by atoms with Crippen LogP contribution in [0.4, 0.5) is 15.8 Å². The number of halogens is 1. The van der Waals surface area contributed by atoms with Crippen LogP contribution in [-0.4, -0.2) is 52.4 Å². The van der Waals surface area contributed by atoms with Gasteiger partial charge in [0.15, 0.2) is 0 Å². The number of rotatable bonds is 4. The van der Waals surface area contributed by atoms with Crippen molar-refractivity contribution in [3.63, 3.8) is 0 Å². The second kappa shape index (κ2) is 7.61. The van der Waals surface area contributed by atoms with Crippen LogP contribution in [0.5, 0.6) is 0 Å². The van der Waals surface area contributed by atoms with Crippen LogP contribution in [-0.2, 0) is 0 Å². The number of aromatic nitrogens is 1. The molecule has 1 unspecified atom stereocenters. The van der Waals surface area contributed by atoms with Crippen molar-refractivity contribution in [2.24, 2.45) is 0 Å². The molecule has 154 valence electrons. The van der Waals surface area contributed by atoms with Crippen molar-refractivity contribution in [3.8, 4) is 0 Å². The van der Waals surface area contributed by atoms with Crippen LogP contribution in [0, 0.1) is 12.7 Å². The normalized spacial score (nSPS) is 20.8. The van der Waals surface area contributed by atoms with Crippen molar-refractivity contribution in [3.05, 3.63) is 53.6 Å². The van der Waals surface area contributed by atoms with E-state index in [1.165, 1.54) is 24.5 Å². The highest BCUT2D eigenvalue weighted by Gasteiger charge is 2.49. The van der Waals surface area contributed by atoms with E-state index in [4.69, 9.17) is 0 Å². The van der Waals surface area contributed by atoms with Gasteiger partial charge in [-0.15, -0.1) is 0 Å². The molecule has 3 heterocycles. The van der Waals surface area contributed by atoms with Gasteiger partial charge in [-0.05, 0) is 44.0 Å². The summed E-state index contributed by atoms with van der Waals surface area (Å²) in [5, 5.41) is 26.9. The molecule has 4 rings (SSSR count). The Labute approximate surface area is 168 Å². The molecule has 0 saturated carbocycles. The molecule has 2 saturated heterocycles. The molecule has 1 aromatic carbocycles. The van der Waals surface area contributed by atoms with Crippen LogP contribution >= 0.6 is 0 Å². The van der Waals surface area contributed by atoms with E-state index in [-0.39, 0.29) is 36.4 Å². The van der Waals surface area contributed by atoms with Gasteiger partial charge in [-0.25, -0.2) is 4.39 Å². The minimum Gasteiger partial charge on any atom is -0.385 e. The molecule has 4 N–H and O–H groups in total. The van der Waals surface area contributed by atoms with Gasteiger partial charge in [-0.2, -0.15) is 0 Å². The lowest BCUT2D eigenvalue weighted by Gasteiger charge is -2.51. The molecular formula is C21H26FN4O3+. The minimum atomic E-state index is -0.918. The molecule has 2 aliphatic rings. The number of pyridine rings is 1. The van der Waals surface area contributed by atoms with Gasteiger partial charge in [0, 0.05) is 16.8 Å². The number of carbonyl (C=O) groups excluding carboxylic acids is 1. The number of amides is 1. The molecule has 2 aliphatic heterocycles. The zero-order valence-corrected chi connectivity index (χ0v) is 16.4. The number of carbonyl (C=O) groups is 1. The van der Waals surface area contributed by atoms with E-state index in [1.54, 1.807) is 24.0 Å². The van der Waals surface area contributed by atoms with Crippen LogP contribution < -0.4 is 15.4 Å². The van der Waals surface area contributed by atoms with Crippen molar-refractivity contribution < 1.29 is 24.2 Å². The third-order valence-corrected chi connectivity index (χ3v) is 5.75. The molecule has 7 nitrogen and oxygen atoms in total. The van der Waals surface area contributed by atoms with Crippen molar-refractivity contribution in [2.45, 2.75) is 37.8 Å². The standard InChI is InChI=1S/C21H25FN4O3/c1-14-5-6-17(16(22)10-14)24-18-11-26(29)9-7-15(18)20(27)25-12-21(28,13-25)19-4-2-3-8-23-19/h5-7,9-11,19,23,28H,2-4,8,12-13H2,1H3,(H-,24,27,29)/p+1. The second-order valence-corrected chi connectivity index (χ2v) is 8.03. The summed E-state index contributed by atoms with van der Waals surface area (Å²) in [6.07, 6.45) is 5.73. The van der Waals surface area contributed by atoms with Crippen LogP contribution in [0.2, 0.25) is 0 Å². The first-order chi connectivity index (χ1) is 13.9. The lowest BCUT2D eigenvalue weighted by atomic mass is 9.81. The number of hydrogen-bond acceptors (Lipinski definition) is 5. The number of nitrogens with zero attached hydrogens (tertiary/aromatic N) is 2. The first-order valence-corrected chi connectivity index (χ1v) is 9.88. The van der Waals surface area contributed by atoms with E-state index < -0.39 is 11.4 Å². The summed E-state index contributed by atoms with van der Waals surface area (Å²) < 4.78 is 15.1. The van der Waals surface area contributed by atoms with Gasteiger partial charge in [0.05, 0.1) is 24.3 Å². The summed E-state index contributed by atoms with van der Waals surface area (Å²) in [5.41, 5.74) is 0.661. The molecule has 0 aliphatic carbocycles. The van der Waals surface area contributed by atoms with Crippen LogP contribution in [0.25, 0.3) is 0 Å². The Morgan fingerprint density at radius 1 is 1.31 bits per heavy atom. The maximum absolute atomic E-state index is 14.2. The molecule has 2 aromatic rings. The number of piperidine rings is 1. The fourth-order valence-corrected chi connectivity index (χ4v) is 4.10. The third kappa shape index (κ3) is 3.90. The number of nitrogens with one attached hydrogen (secondary N) is 2. The number of benzene rings is 1. The summed E-state index contributed by atoms with van der Waals surface area (Å²) in [7, 11) is 0. The summed E-state index contributed by atoms with van der Waals surface area (Å²) >= 11 is 0. The summed E-state index contributed by atoms with van der Waals surface area (Å²) in [5.74, 6) is -0.723. The van der Waals surface area contributed by atoms with Crippen LogP contribution in [0.1, 0.15) is 35.2 Å². The highest BCUT2D eigenvalue weighted by atomic mass is 19.1. The lowest BCUT2D eigenvalue weighted by molar-refractivity contribution is -0.904. The van der Waals surface area contributed by atoms with Crippen LogP contribution in [0.3, 0.4) is 0 Å². The Kier molecular flexibility index (Phi) is 5.14. The monoisotopic (exact) mass is 401 g/mol. The Morgan fingerprint density at radius 3 is 2.79 bits per heavy atom. The molecule has 1 atom stereocenters.